The number of hydrogen-bond acceptors (Lipinski definition) is 3. The average molecular weight is 316 g/mol. The molecule has 0 saturated carbocycles. The first-order chi connectivity index (χ1) is 8.55. The Morgan fingerprint density at radius 3 is 1.32 bits per heavy atom. The molecule has 0 saturated heterocycles. The fraction of sp³-hybridized carbons (Fsp3) is 1.00. The van der Waals surface area contributed by atoms with E-state index < -0.39 is 0 Å². The maximum absolute atomic E-state index is 6.75. The van der Waals surface area contributed by atoms with Gasteiger partial charge in [0, 0.05) is 13.1 Å². The third-order valence-electron chi connectivity index (χ3n) is 1.25. The van der Waals surface area contributed by atoms with Crippen LogP contribution in [0.5, 0.6) is 0 Å². The maximum Gasteiger partial charge on any atom is 3.00 e. The maximum atomic E-state index is 6.75. The van der Waals surface area contributed by atoms with Crippen molar-refractivity contribution in [3.05, 3.63) is 47.9 Å². The minimum atomic E-state index is 0. The number of hydrogen-bond donors (Lipinski definition) is 2. The van der Waals surface area contributed by atoms with E-state index in [1.54, 1.807) is 0 Å². The van der Waals surface area contributed by atoms with E-state index in [-0.39, 0.29) is 16.8 Å². The van der Waals surface area contributed by atoms with E-state index in [1.807, 2.05) is 0 Å². The first kappa shape index (κ1) is 30.4. The van der Waals surface area contributed by atoms with Gasteiger partial charge in [-0.1, -0.05) is 0 Å². The Bertz CT molecular complexity index is 208. The summed E-state index contributed by atoms with van der Waals surface area (Å²) in [4.78, 5) is 6.69. The van der Waals surface area contributed by atoms with Crippen molar-refractivity contribution >= 4 is 0 Å². The third-order valence-corrected chi connectivity index (χ3v) is 1.25. The Hall–Kier alpha value is -1.68. The molecule has 0 aliphatic heterocycles. The van der Waals surface area contributed by atoms with E-state index >= 15 is 0 Å². The molecule has 0 aliphatic carbocycles. The summed E-state index contributed by atoms with van der Waals surface area (Å²) in [5, 5.41) is 0. The van der Waals surface area contributed by atoms with Crippen molar-refractivity contribution in [1.82, 2.24) is 4.90 Å². The van der Waals surface area contributed by atoms with Crippen LogP contribution in [0, 0.1) is 0 Å². The fourth-order valence-corrected chi connectivity index (χ4v) is 0.693. The van der Waals surface area contributed by atoms with E-state index in [4.69, 9.17) is 44.7 Å². The second kappa shape index (κ2) is 44.1. The molecule has 4 N–H and O–H groups in total. The molecule has 19 heavy (non-hydrogen) atoms. The van der Waals surface area contributed by atoms with Crippen LogP contribution in [-0.4, -0.2) is 38.1 Å². The summed E-state index contributed by atoms with van der Waals surface area (Å²) in [7, 11) is 2.06. The summed E-state index contributed by atoms with van der Waals surface area (Å²) >= 11 is 0. The SMILES string of the molecule is CN(CCN)CCCN.[Co+3].[N-]=[N+]=[N-].[N-]=[N+]=[N-].[N-]=[N+]=[N-]. The van der Waals surface area contributed by atoms with Crippen molar-refractivity contribution in [3.8, 4) is 0 Å². The van der Waals surface area contributed by atoms with Crippen molar-refractivity contribution < 1.29 is 16.8 Å². The third kappa shape index (κ3) is 118. The standard InChI is InChI=1S/C6H17N3.Co.3N3/c1-9(6-4-8)5-2-3-7;;3*1-3-2/h2-8H2,1H3;;;;/q;+3;3*-1. The molecule has 0 fully saturated rings. The summed E-state index contributed by atoms with van der Waals surface area (Å²) in [5.41, 5.74) is 51.1. The largest absolute Gasteiger partial charge is 3.00 e. The number of nitrogens with two attached hydrogens (primary N) is 2. The summed E-state index contributed by atoms with van der Waals surface area (Å²) in [5.74, 6) is 0. The smallest absolute Gasteiger partial charge is 0.373 e. The Balaban J connectivity index is -0.0000000548. The van der Waals surface area contributed by atoms with Gasteiger partial charge in [-0.25, -0.2) is 0 Å². The van der Waals surface area contributed by atoms with Gasteiger partial charge >= 0.3 is 16.8 Å². The van der Waals surface area contributed by atoms with Crippen molar-refractivity contribution in [1.29, 1.82) is 0 Å². The van der Waals surface area contributed by atoms with E-state index in [0.717, 1.165) is 32.6 Å². The number of rotatable bonds is 5. The van der Waals surface area contributed by atoms with Crippen LogP contribution >= 0.6 is 0 Å². The molecule has 0 aliphatic rings. The van der Waals surface area contributed by atoms with Crippen molar-refractivity contribution in [2.24, 2.45) is 11.5 Å². The van der Waals surface area contributed by atoms with E-state index in [0.29, 0.717) is 0 Å². The topological polar surface area (TPSA) is 231 Å². The Kier molecular flexibility index (Phi) is 70.5. The summed E-state index contributed by atoms with van der Waals surface area (Å²) < 4.78 is 0. The summed E-state index contributed by atoms with van der Waals surface area (Å²) in [6.45, 7) is 3.55. The van der Waals surface area contributed by atoms with Crippen LogP contribution in [0.4, 0.5) is 0 Å². The zero-order chi connectivity index (χ0) is 15.2. The minimum absolute atomic E-state index is 0. The van der Waals surface area contributed by atoms with Crippen molar-refractivity contribution in [3.63, 3.8) is 0 Å². The van der Waals surface area contributed by atoms with Gasteiger partial charge < -0.3 is 49.6 Å². The van der Waals surface area contributed by atoms with Crippen LogP contribution in [0.25, 0.3) is 47.9 Å². The predicted octanol–water partition coefficient (Wildman–Crippen LogP) is 1.82. The predicted molar refractivity (Wildman–Crippen MR) is 70.5 cm³/mol. The van der Waals surface area contributed by atoms with Crippen LogP contribution in [0.1, 0.15) is 6.42 Å². The first-order valence-electron chi connectivity index (χ1n) is 4.60. The van der Waals surface area contributed by atoms with Crippen molar-refractivity contribution in [2.45, 2.75) is 6.42 Å². The van der Waals surface area contributed by atoms with Crippen LogP contribution in [0.3, 0.4) is 0 Å². The van der Waals surface area contributed by atoms with Crippen molar-refractivity contribution in [2.75, 3.05) is 33.2 Å². The van der Waals surface area contributed by atoms with Gasteiger partial charge in [-0.15, -0.1) is 0 Å². The van der Waals surface area contributed by atoms with Crippen LogP contribution < -0.4 is 11.5 Å². The number of nitrogens with zero attached hydrogens (tertiary/aromatic N) is 10. The average Bonchev–Trinajstić information content (AvgIpc) is 2.30. The molecule has 0 aromatic carbocycles. The molecule has 12 nitrogen and oxygen atoms in total. The van der Waals surface area contributed by atoms with Crippen LogP contribution in [0.2, 0.25) is 0 Å². The van der Waals surface area contributed by atoms with Gasteiger partial charge in [-0.05, 0) is 26.6 Å². The molecule has 0 bridgehead atoms. The van der Waals surface area contributed by atoms with Gasteiger partial charge in [0.05, 0.1) is 0 Å². The molecule has 0 rings (SSSR count). The van der Waals surface area contributed by atoms with E-state index in [1.165, 1.54) is 14.7 Å². The molecule has 0 atom stereocenters. The molecule has 0 unspecified atom stereocenters. The summed E-state index contributed by atoms with van der Waals surface area (Å²) in [6, 6.07) is 0. The van der Waals surface area contributed by atoms with E-state index in [2.05, 4.69) is 11.9 Å². The molecular formula is C6H17CoN12. The molecule has 0 aromatic heterocycles. The van der Waals surface area contributed by atoms with Gasteiger partial charge in [-0.3, -0.25) is 14.7 Å². The second-order valence-electron chi connectivity index (χ2n) is 2.50. The molecule has 0 heterocycles. The quantitative estimate of drug-likeness (QED) is 0.439. The van der Waals surface area contributed by atoms with Crippen LogP contribution in [0.15, 0.2) is 0 Å². The van der Waals surface area contributed by atoms with Gasteiger partial charge in [0.25, 0.3) is 0 Å². The molecule has 13 heteroatoms. The zero-order valence-corrected chi connectivity index (χ0v) is 11.5. The zero-order valence-electron chi connectivity index (χ0n) is 10.5. The van der Waals surface area contributed by atoms with Gasteiger partial charge in [0.2, 0.25) is 0 Å². The Morgan fingerprint density at radius 2 is 1.11 bits per heavy atom. The molecule has 0 aromatic rings. The minimum Gasteiger partial charge on any atom is -0.373 e. The Morgan fingerprint density at radius 1 is 0.789 bits per heavy atom. The molecule has 110 valence electrons. The van der Waals surface area contributed by atoms with Gasteiger partial charge in [-0.2, -0.15) is 0 Å². The molecule has 0 radical (unpaired) electrons. The number of likely N-dealkylation sites (N-methyl/N-ethyl adjacent to an activating group) is 1. The monoisotopic (exact) mass is 316 g/mol. The first-order valence-corrected chi connectivity index (χ1v) is 4.60. The Labute approximate surface area is 121 Å². The van der Waals surface area contributed by atoms with Gasteiger partial charge in [0.15, 0.2) is 0 Å². The van der Waals surface area contributed by atoms with Crippen LogP contribution in [-0.2, 0) is 16.8 Å². The summed E-state index contributed by atoms with van der Waals surface area (Å²) in [6.07, 6.45) is 1.07. The second-order valence-corrected chi connectivity index (χ2v) is 2.50. The fourth-order valence-electron chi connectivity index (χ4n) is 0.693. The molecular weight excluding hydrogens is 299 g/mol. The van der Waals surface area contributed by atoms with Gasteiger partial charge in [0.1, 0.15) is 0 Å². The molecule has 0 amide bonds. The normalized spacial score (nSPS) is 6.32. The molecule has 0 spiro atoms. The van der Waals surface area contributed by atoms with E-state index in [9.17, 15) is 0 Å².